The van der Waals surface area contributed by atoms with Crippen molar-refractivity contribution in [3.63, 3.8) is 0 Å². The second-order valence-corrected chi connectivity index (χ2v) is 5.19. The van der Waals surface area contributed by atoms with Crippen LogP contribution in [0.15, 0.2) is 30.5 Å². The van der Waals surface area contributed by atoms with Gasteiger partial charge in [-0.1, -0.05) is 0 Å². The van der Waals surface area contributed by atoms with Crippen LogP contribution in [0, 0.1) is 5.41 Å². The molecule has 9 heteroatoms. The number of hydrogen-bond acceptors (Lipinski definition) is 7. The molecule has 1 aliphatic heterocycles. The number of nitrogens with one attached hydrogen (secondary N) is 2. The van der Waals surface area contributed by atoms with Gasteiger partial charge < -0.3 is 20.7 Å². The van der Waals surface area contributed by atoms with Crippen LogP contribution >= 0.6 is 0 Å². The fourth-order valence-corrected chi connectivity index (χ4v) is 2.23. The van der Waals surface area contributed by atoms with E-state index in [1.54, 1.807) is 29.2 Å². The summed E-state index contributed by atoms with van der Waals surface area (Å²) in [5.41, 5.74) is 6.86. The molecule has 0 spiro atoms. The smallest absolute Gasteiger partial charge is 0.254 e. The van der Waals surface area contributed by atoms with Gasteiger partial charge >= 0.3 is 0 Å². The molecule has 1 fully saturated rings. The molecule has 4 N–H and O–H groups in total. The van der Waals surface area contributed by atoms with Gasteiger partial charge in [0.2, 0.25) is 5.95 Å². The summed E-state index contributed by atoms with van der Waals surface area (Å²) in [5, 5.41) is 17.8. The van der Waals surface area contributed by atoms with Crippen LogP contribution in [0.2, 0.25) is 0 Å². The van der Waals surface area contributed by atoms with E-state index in [9.17, 15) is 4.79 Å². The lowest BCUT2D eigenvalue weighted by Crippen LogP contribution is -2.40. The summed E-state index contributed by atoms with van der Waals surface area (Å²) in [5.74, 6) is 0.0911. The first-order valence-corrected chi connectivity index (χ1v) is 7.42. The number of nitrogens with zero attached hydrogens (tertiary/aromatic N) is 4. The van der Waals surface area contributed by atoms with Crippen molar-refractivity contribution in [2.24, 2.45) is 5.73 Å². The molecule has 1 aromatic heterocycles. The molecule has 1 saturated heterocycles. The van der Waals surface area contributed by atoms with Crippen LogP contribution in [0.4, 0.5) is 11.6 Å². The van der Waals surface area contributed by atoms with E-state index in [0.717, 1.165) is 5.69 Å². The zero-order valence-corrected chi connectivity index (χ0v) is 12.9. The zero-order valence-electron chi connectivity index (χ0n) is 12.9. The normalized spacial score (nSPS) is 14.2. The number of rotatable bonds is 4. The van der Waals surface area contributed by atoms with Crippen LogP contribution in [-0.4, -0.2) is 58.1 Å². The number of ether oxygens (including phenoxy) is 1. The number of nitrogen functional groups attached to an aromatic ring is 1. The molecule has 0 saturated carbocycles. The molecule has 1 aromatic carbocycles. The van der Waals surface area contributed by atoms with Gasteiger partial charge in [-0.2, -0.15) is 0 Å². The fourth-order valence-electron chi connectivity index (χ4n) is 2.23. The molecule has 1 aliphatic rings. The molecule has 0 unspecified atom stereocenters. The minimum atomic E-state index is -0.187. The van der Waals surface area contributed by atoms with Crippen molar-refractivity contribution in [2.75, 3.05) is 31.6 Å². The molecule has 24 heavy (non-hydrogen) atoms. The van der Waals surface area contributed by atoms with E-state index in [1.807, 2.05) is 0 Å². The third kappa shape index (κ3) is 3.63. The molecule has 2 heterocycles. The van der Waals surface area contributed by atoms with E-state index < -0.39 is 0 Å². The molecular weight excluding hydrogens is 310 g/mol. The van der Waals surface area contributed by atoms with Crippen molar-refractivity contribution in [1.82, 2.24) is 20.1 Å². The monoisotopic (exact) mass is 327 g/mol. The van der Waals surface area contributed by atoms with Gasteiger partial charge in [0.1, 0.15) is 11.5 Å². The van der Waals surface area contributed by atoms with E-state index in [-0.39, 0.29) is 23.4 Å². The highest BCUT2D eigenvalue weighted by Crippen LogP contribution is 2.15. The first kappa shape index (κ1) is 15.8. The summed E-state index contributed by atoms with van der Waals surface area (Å²) in [7, 11) is 0. The molecule has 9 nitrogen and oxygen atoms in total. The second kappa shape index (κ2) is 7.01. The van der Waals surface area contributed by atoms with Crippen LogP contribution in [-0.2, 0) is 4.74 Å². The van der Waals surface area contributed by atoms with E-state index in [0.29, 0.717) is 31.9 Å². The van der Waals surface area contributed by atoms with E-state index >= 15 is 0 Å². The summed E-state index contributed by atoms with van der Waals surface area (Å²) < 4.78 is 5.25. The van der Waals surface area contributed by atoms with E-state index in [4.69, 9.17) is 15.9 Å². The second-order valence-electron chi connectivity index (χ2n) is 5.19. The van der Waals surface area contributed by atoms with Gasteiger partial charge in [0.15, 0.2) is 0 Å². The van der Waals surface area contributed by atoms with Crippen molar-refractivity contribution in [3.8, 4) is 0 Å². The summed E-state index contributed by atoms with van der Waals surface area (Å²) in [4.78, 5) is 18.2. The first-order chi connectivity index (χ1) is 11.6. The molecule has 0 aliphatic carbocycles. The van der Waals surface area contributed by atoms with Crippen LogP contribution in [0.3, 0.4) is 0 Å². The molecule has 0 bridgehead atoms. The maximum atomic E-state index is 12.4. The Labute approximate surface area is 138 Å². The van der Waals surface area contributed by atoms with Gasteiger partial charge in [-0.3, -0.25) is 10.2 Å². The molecule has 0 atom stereocenters. The lowest BCUT2D eigenvalue weighted by molar-refractivity contribution is 0.0303. The van der Waals surface area contributed by atoms with Gasteiger partial charge in [0.25, 0.3) is 5.91 Å². The van der Waals surface area contributed by atoms with Crippen LogP contribution < -0.4 is 11.1 Å². The highest BCUT2D eigenvalue weighted by atomic mass is 16.5. The molecular formula is C15H17N7O2. The lowest BCUT2D eigenvalue weighted by atomic mass is 10.1. The SMILES string of the molecule is N=C(N)c1cnc(Nc2ccc(C(=O)N3CCOCC3)cc2)nn1. The maximum absolute atomic E-state index is 12.4. The third-order valence-electron chi connectivity index (χ3n) is 3.52. The summed E-state index contributed by atoms with van der Waals surface area (Å²) in [6, 6.07) is 7.04. The molecule has 3 rings (SSSR count). The summed E-state index contributed by atoms with van der Waals surface area (Å²) in [6.45, 7) is 2.37. The van der Waals surface area contributed by atoms with Crippen molar-refractivity contribution >= 4 is 23.4 Å². The Morgan fingerprint density at radius 3 is 2.50 bits per heavy atom. The number of aromatic nitrogens is 3. The number of amides is 1. The standard InChI is InChI=1S/C15H17N7O2/c16-13(17)12-9-18-15(21-20-12)19-11-3-1-10(2-4-11)14(23)22-5-7-24-8-6-22/h1-4,9H,5-8H2,(H3,16,17)(H,18,19,21). The molecule has 2 aromatic rings. The third-order valence-corrected chi connectivity index (χ3v) is 3.52. The number of carbonyl (C=O) groups is 1. The molecule has 1 amide bonds. The minimum Gasteiger partial charge on any atom is -0.382 e. The van der Waals surface area contributed by atoms with E-state index in [2.05, 4.69) is 20.5 Å². The van der Waals surface area contributed by atoms with E-state index in [1.165, 1.54) is 6.20 Å². The Kier molecular flexibility index (Phi) is 4.62. The Bertz CT molecular complexity index is 724. The predicted octanol–water partition coefficient (Wildman–Crippen LogP) is 0.372. The highest BCUT2D eigenvalue weighted by molar-refractivity contribution is 5.94. The highest BCUT2D eigenvalue weighted by Gasteiger charge is 2.18. The number of carbonyl (C=O) groups excluding carboxylic acids is 1. The number of amidine groups is 1. The summed E-state index contributed by atoms with van der Waals surface area (Å²) in [6.07, 6.45) is 1.37. The van der Waals surface area contributed by atoms with Gasteiger partial charge in [-0.25, -0.2) is 4.98 Å². The van der Waals surface area contributed by atoms with Crippen molar-refractivity contribution in [2.45, 2.75) is 0 Å². The zero-order chi connectivity index (χ0) is 16.9. The fraction of sp³-hybridized carbons (Fsp3) is 0.267. The molecule has 0 radical (unpaired) electrons. The van der Waals surface area contributed by atoms with Crippen molar-refractivity contribution < 1.29 is 9.53 Å². The Balaban J connectivity index is 1.65. The Morgan fingerprint density at radius 1 is 1.21 bits per heavy atom. The number of hydrogen-bond donors (Lipinski definition) is 3. The van der Waals surface area contributed by atoms with Gasteiger partial charge in [-0.15, -0.1) is 10.2 Å². The number of benzene rings is 1. The lowest BCUT2D eigenvalue weighted by Gasteiger charge is -2.26. The largest absolute Gasteiger partial charge is 0.382 e. The maximum Gasteiger partial charge on any atom is 0.254 e. The van der Waals surface area contributed by atoms with Crippen molar-refractivity contribution in [1.29, 1.82) is 5.41 Å². The summed E-state index contributed by atoms with van der Waals surface area (Å²) >= 11 is 0. The quantitative estimate of drug-likeness (QED) is 0.546. The van der Waals surface area contributed by atoms with Gasteiger partial charge in [0, 0.05) is 24.3 Å². The minimum absolute atomic E-state index is 0.00595. The van der Waals surface area contributed by atoms with Crippen LogP contribution in [0.25, 0.3) is 0 Å². The number of nitrogens with two attached hydrogens (primary N) is 1. The number of anilines is 2. The van der Waals surface area contributed by atoms with Crippen LogP contribution in [0.5, 0.6) is 0 Å². The molecule has 124 valence electrons. The van der Waals surface area contributed by atoms with Gasteiger partial charge in [-0.05, 0) is 24.3 Å². The average Bonchev–Trinajstić information content (AvgIpc) is 2.63. The average molecular weight is 327 g/mol. The van der Waals surface area contributed by atoms with Crippen LogP contribution in [0.1, 0.15) is 16.1 Å². The first-order valence-electron chi connectivity index (χ1n) is 7.42. The predicted molar refractivity (Wildman–Crippen MR) is 87.3 cm³/mol. The Morgan fingerprint density at radius 2 is 1.92 bits per heavy atom. The van der Waals surface area contributed by atoms with Gasteiger partial charge in [0.05, 0.1) is 19.4 Å². The Hall–Kier alpha value is -3.07. The number of morpholine rings is 1. The van der Waals surface area contributed by atoms with Crippen molar-refractivity contribution in [3.05, 3.63) is 41.7 Å². The topological polar surface area (TPSA) is 130 Å².